The van der Waals surface area contributed by atoms with E-state index in [1.165, 1.54) is 17.5 Å². The van der Waals surface area contributed by atoms with Crippen molar-refractivity contribution in [3.63, 3.8) is 0 Å². The zero-order chi connectivity index (χ0) is 13.1. The summed E-state index contributed by atoms with van der Waals surface area (Å²) >= 11 is 13.2. The smallest absolute Gasteiger partial charge is 0.254 e. The third-order valence-corrected chi connectivity index (χ3v) is 3.83. The fraction of sp³-hybridized carbons (Fsp3) is 0.167. The van der Waals surface area contributed by atoms with Crippen LogP contribution in [0.15, 0.2) is 24.4 Å². The minimum Gasteiger partial charge on any atom is -0.347 e. The van der Waals surface area contributed by atoms with Gasteiger partial charge in [0.15, 0.2) is 0 Å². The summed E-state index contributed by atoms with van der Waals surface area (Å²) in [4.78, 5) is 16.9. The van der Waals surface area contributed by atoms with Crippen LogP contribution < -0.4 is 5.32 Å². The molecule has 2 heterocycles. The second-order valence-electron chi connectivity index (χ2n) is 3.69. The van der Waals surface area contributed by atoms with Crippen LogP contribution in [0.3, 0.4) is 0 Å². The van der Waals surface area contributed by atoms with Crippen molar-refractivity contribution >= 4 is 40.4 Å². The van der Waals surface area contributed by atoms with Crippen LogP contribution in [0.25, 0.3) is 0 Å². The molecule has 1 amide bonds. The standard InChI is InChI=1S/C12H10Cl2N2OS/c1-7-4-10(13)9(6-15-7)12(17)16-5-8-2-3-11(14)18-8/h2-4,6H,5H2,1H3,(H,16,17). The largest absolute Gasteiger partial charge is 0.347 e. The first-order valence-corrected chi connectivity index (χ1v) is 6.78. The molecule has 0 saturated carbocycles. The highest BCUT2D eigenvalue weighted by Gasteiger charge is 2.11. The SMILES string of the molecule is Cc1cc(Cl)c(C(=O)NCc2ccc(Cl)s2)cn1. The van der Waals surface area contributed by atoms with Crippen molar-refractivity contribution in [3.05, 3.63) is 49.9 Å². The van der Waals surface area contributed by atoms with E-state index in [9.17, 15) is 4.79 Å². The second kappa shape index (κ2) is 5.69. The minimum atomic E-state index is -0.239. The lowest BCUT2D eigenvalue weighted by atomic mass is 10.2. The normalized spacial score (nSPS) is 10.4. The Balaban J connectivity index is 2.03. The van der Waals surface area contributed by atoms with E-state index >= 15 is 0 Å². The van der Waals surface area contributed by atoms with Gasteiger partial charge in [0.25, 0.3) is 5.91 Å². The highest BCUT2D eigenvalue weighted by molar-refractivity contribution is 7.16. The van der Waals surface area contributed by atoms with E-state index in [1.54, 1.807) is 12.1 Å². The van der Waals surface area contributed by atoms with Crippen molar-refractivity contribution in [2.24, 2.45) is 0 Å². The van der Waals surface area contributed by atoms with Crippen LogP contribution in [0.5, 0.6) is 0 Å². The van der Waals surface area contributed by atoms with Crippen LogP contribution in [0.1, 0.15) is 20.9 Å². The Labute approximate surface area is 119 Å². The Bertz CT molecular complexity index is 583. The van der Waals surface area contributed by atoms with E-state index in [0.29, 0.717) is 21.5 Å². The highest BCUT2D eigenvalue weighted by atomic mass is 35.5. The van der Waals surface area contributed by atoms with Crippen molar-refractivity contribution in [2.75, 3.05) is 0 Å². The summed E-state index contributed by atoms with van der Waals surface area (Å²) in [7, 11) is 0. The van der Waals surface area contributed by atoms with Gasteiger partial charge in [0.2, 0.25) is 0 Å². The topological polar surface area (TPSA) is 42.0 Å². The minimum absolute atomic E-state index is 0.239. The number of hydrogen-bond acceptors (Lipinski definition) is 3. The Hall–Kier alpha value is -1.10. The zero-order valence-corrected chi connectivity index (χ0v) is 11.9. The van der Waals surface area contributed by atoms with E-state index in [-0.39, 0.29) is 5.91 Å². The molecule has 0 radical (unpaired) electrons. The van der Waals surface area contributed by atoms with Gasteiger partial charge < -0.3 is 5.32 Å². The van der Waals surface area contributed by atoms with Gasteiger partial charge >= 0.3 is 0 Å². The summed E-state index contributed by atoms with van der Waals surface area (Å²) in [6, 6.07) is 5.34. The zero-order valence-electron chi connectivity index (χ0n) is 9.54. The molecule has 94 valence electrons. The van der Waals surface area contributed by atoms with Gasteiger partial charge in [0.05, 0.1) is 21.5 Å². The third-order valence-electron chi connectivity index (χ3n) is 2.29. The number of halogens is 2. The van der Waals surface area contributed by atoms with Gasteiger partial charge in [0, 0.05) is 16.8 Å². The number of pyridine rings is 1. The molecule has 0 fully saturated rings. The molecule has 18 heavy (non-hydrogen) atoms. The maximum atomic E-state index is 11.9. The van der Waals surface area contributed by atoms with Crippen LogP contribution >= 0.6 is 34.5 Å². The van der Waals surface area contributed by atoms with Gasteiger partial charge in [-0.15, -0.1) is 11.3 Å². The molecule has 0 atom stereocenters. The Kier molecular flexibility index (Phi) is 4.22. The fourth-order valence-electron chi connectivity index (χ4n) is 1.40. The van der Waals surface area contributed by atoms with Crippen LogP contribution in [0.2, 0.25) is 9.36 Å². The van der Waals surface area contributed by atoms with E-state index in [0.717, 1.165) is 10.6 Å². The lowest BCUT2D eigenvalue weighted by Crippen LogP contribution is -2.22. The molecule has 2 rings (SSSR count). The van der Waals surface area contributed by atoms with E-state index < -0.39 is 0 Å². The van der Waals surface area contributed by atoms with Crippen LogP contribution in [-0.4, -0.2) is 10.9 Å². The molecule has 0 aliphatic carbocycles. The number of rotatable bonds is 3. The first kappa shape index (κ1) is 13.3. The molecule has 0 unspecified atom stereocenters. The molecule has 0 aliphatic rings. The lowest BCUT2D eigenvalue weighted by molar-refractivity contribution is 0.0951. The van der Waals surface area contributed by atoms with Gasteiger partial charge in [-0.2, -0.15) is 0 Å². The number of aromatic nitrogens is 1. The molecule has 2 aromatic heterocycles. The van der Waals surface area contributed by atoms with Gasteiger partial charge in [-0.25, -0.2) is 0 Å². The Morgan fingerprint density at radius 1 is 1.44 bits per heavy atom. The van der Waals surface area contributed by atoms with Crippen molar-refractivity contribution < 1.29 is 4.79 Å². The number of nitrogens with zero attached hydrogens (tertiary/aromatic N) is 1. The fourth-order valence-corrected chi connectivity index (χ4v) is 2.72. The number of carbonyl (C=O) groups is 1. The van der Waals surface area contributed by atoms with Crippen molar-refractivity contribution in [2.45, 2.75) is 13.5 Å². The van der Waals surface area contributed by atoms with Gasteiger partial charge in [-0.3, -0.25) is 9.78 Å². The molecule has 6 heteroatoms. The molecular formula is C12H10Cl2N2OS. The maximum Gasteiger partial charge on any atom is 0.254 e. The number of amides is 1. The van der Waals surface area contributed by atoms with Gasteiger partial charge in [0.1, 0.15) is 0 Å². The molecule has 0 aliphatic heterocycles. The number of carbonyl (C=O) groups excluding carboxylic acids is 1. The first-order chi connectivity index (χ1) is 8.56. The van der Waals surface area contributed by atoms with Gasteiger partial charge in [-0.1, -0.05) is 23.2 Å². The Morgan fingerprint density at radius 2 is 2.22 bits per heavy atom. The Morgan fingerprint density at radius 3 is 2.83 bits per heavy atom. The number of hydrogen-bond donors (Lipinski definition) is 1. The molecule has 0 aromatic carbocycles. The monoisotopic (exact) mass is 300 g/mol. The summed E-state index contributed by atoms with van der Waals surface area (Å²) in [5.74, 6) is -0.239. The predicted octanol–water partition coefficient (Wildman–Crippen LogP) is 3.69. The molecule has 2 aromatic rings. The molecule has 1 N–H and O–H groups in total. The summed E-state index contributed by atoms with van der Waals surface area (Å²) < 4.78 is 0.703. The second-order valence-corrected chi connectivity index (χ2v) is 5.90. The number of nitrogens with one attached hydrogen (secondary N) is 1. The lowest BCUT2D eigenvalue weighted by Gasteiger charge is -2.05. The highest BCUT2D eigenvalue weighted by Crippen LogP contribution is 2.21. The molecule has 3 nitrogen and oxygen atoms in total. The molecular weight excluding hydrogens is 291 g/mol. The third kappa shape index (κ3) is 3.22. The molecule has 0 bridgehead atoms. The van der Waals surface area contributed by atoms with Crippen LogP contribution in [0, 0.1) is 6.92 Å². The van der Waals surface area contributed by atoms with Crippen LogP contribution in [0.4, 0.5) is 0 Å². The maximum absolute atomic E-state index is 11.9. The van der Waals surface area contributed by atoms with Crippen molar-refractivity contribution in [3.8, 4) is 0 Å². The summed E-state index contributed by atoms with van der Waals surface area (Å²) in [5.41, 5.74) is 1.16. The van der Waals surface area contributed by atoms with Crippen molar-refractivity contribution in [1.29, 1.82) is 0 Å². The van der Waals surface area contributed by atoms with Crippen molar-refractivity contribution in [1.82, 2.24) is 10.3 Å². The number of aryl methyl sites for hydroxylation is 1. The molecule has 0 saturated heterocycles. The summed E-state index contributed by atoms with van der Waals surface area (Å²) in [5, 5.41) is 3.18. The average molecular weight is 301 g/mol. The first-order valence-electron chi connectivity index (χ1n) is 5.21. The number of thiophene rings is 1. The van der Waals surface area contributed by atoms with E-state index in [4.69, 9.17) is 23.2 Å². The van der Waals surface area contributed by atoms with Crippen LogP contribution in [-0.2, 0) is 6.54 Å². The van der Waals surface area contributed by atoms with E-state index in [1.807, 2.05) is 13.0 Å². The molecule has 0 spiro atoms. The van der Waals surface area contributed by atoms with Gasteiger partial charge in [-0.05, 0) is 25.1 Å². The summed E-state index contributed by atoms with van der Waals surface area (Å²) in [6.45, 7) is 2.25. The average Bonchev–Trinajstić information content (AvgIpc) is 2.72. The summed E-state index contributed by atoms with van der Waals surface area (Å²) in [6.07, 6.45) is 1.48. The quantitative estimate of drug-likeness (QED) is 0.939. The predicted molar refractivity (Wildman–Crippen MR) is 74.5 cm³/mol. The van der Waals surface area contributed by atoms with E-state index in [2.05, 4.69) is 10.3 Å².